The van der Waals surface area contributed by atoms with E-state index in [0.29, 0.717) is 0 Å². The number of fused-ring (bicyclic) bond motifs is 1. The Hall–Kier alpha value is -0.660. The lowest BCUT2D eigenvalue weighted by Crippen LogP contribution is -2.32. The van der Waals surface area contributed by atoms with Gasteiger partial charge < -0.3 is 0 Å². The molecule has 58 valence electrons. The zero-order valence-corrected chi connectivity index (χ0v) is 6.46. The van der Waals surface area contributed by atoms with Crippen LogP contribution in [0.1, 0.15) is 19.8 Å². The molecule has 4 atom stereocenters. The Balaban J connectivity index is 2.15. The van der Waals surface area contributed by atoms with Gasteiger partial charge in [-0.25, -0.2) is 0 Å². The Morgan fingerprint density at radius 1 is 1.27 bits per heavy atom. The molecule has 11 heavy (non-hydrogen) atoms. The minimum atomic E-state index is -0.174. The lowest BCUT2D eigenvalue weighted by atomic mass is 9.76. The Morgan fingerprint density at radius 3 is 2.18 bits per heavy atom. The maximum atomic E-state index is 11.4. The van der Waals surface area contributed by atoms with Crippen molar-refractivity contribution in [1.82, 2.24) is 0 Å². The highest BCUT2D eigenvalue weighted by molar-refractivity contribution is 6.17. The number of hydrogen-bond donors (Lipinski definition) is 0. The molecule has 0 aromatic rings. The molecule has 0 aliphatic heterocycles. The van der Waals surface area contributed by atoms with Crippen molar-refractivity contribution in [2.45, 2.75) is 19.8 Å². The molecule has 2 unspecified atom stereocenters. The van der Waals surface area contributed by atoms with Crippen LogP contribution in [-0.4, -0.2) is 11.6 Å². The zero-order chi connectivity index (χ0) is 7.80. The quantitative estimate of drug-likeness (QED) is 0.479. The van der Waals surface area contributed by atoms with Gasteiger partial charge in [-0.05, 0) is 18.3 Å². The van der Waals surface area contributed by atoms with Crippen molar-refractivity contribution in [3.05, 3.63) is 0 Å². The van der Waals surface area contributed by atoms with Crippen LogP contribution in [0, 0.1) is 23.2 Å². The van der Waals surface area contributed by atoms with Gasteiger partial charge in [0.15, 0.2) is 0 Å². The summed E-state index contributed by atoms with van der Waals surface area (Å²) in [6.45, 7) is 2.09. The Morgan fingerprint density at radius 2 is 1.82 bits per heavy atom. The molecule has 0 spiro atoms. The second-order valence-electron chi connectivity index (χ2n) is 4.36. The molecule has 4 saturated carbocycles. The van der Waals surface area contributed by atoms with E-state index in [2.05, 4.69) is 6.92 Å². The second-order valence-corrected chi connectivity index (χ2v) is 4.36. The molecular formula is C9H10O2. The van der Waals surface area contributed by atoms with Gasteiger partial charge in [-0.2, -0.15) is 0 Å². The second kappa shape index (κ2) is 1.30. The molecule has 4 rings (SSSR count). The van der Waals surface area contributed by atoms with E-state index in [-0.39, 0.29) is 34.7 Å². The predicted molar refractivity (Wildman–Crippen MR) is 37.8 cm³/mol. The van der Waals surface area contributed by atoms with E-state index in [1.54, 1.807) is 0 Å². The molecule has 4 fully saturated rings. The monoisotopic (exact) mass is 150 g/mol. The minimum absolute atomic E-state index is 0.114. The molecule has 0 aromatic heterocycles. The summed E-state index contributed by atoms with van der Waals surface area (Å²) in [6, 6.07) is 0. The molecule has 4 aliphatic carbocycles. The van der Waals surface area contributed by atoms with Gasteiger partial charge in [0.05, 0.1) is 5.92 Å². The highest BCUT2D eigenvalue weighted by Gasteiger charge is 2.76. The molecule has 2 heteroatoms. The number of ketones is 2. The zero-order valence-electron chi connectivity index (χ0n) is 6.46. The molecular weight excluding hydrogens is 140 g/mol. The SMILES string of the molecule is CC12CCC3C(=O)[C@@H]1[C@@H]2C3=O. The molecule has 0 N–H and O–H groups in total. The maximum Gasteiger partial charge on any atom is 0.147 e. The fraction of sp³-hybridized carbons (Fsp3) is 0.778. The van der Waals surface area contributed by atoms with Crippen LogP contribution >= 0.6 is 0 Å². The highest BCUT2D eigenvalue weighted by Crippen LogP contribution is 2.71. The summed E-state index contributed by atoms with van der Waals surface area (Å²) < 4.78 is 0. The summed E-state index contributed by atoms with van der Waals surface area (Å²) in [6.07, 6.45) is 1.94. The Kier molecular flexibility index (Phi) is 0.701. The molecule has 0 aromatic carbocycles. The first-order valence-corrected chi connectivity index (χ1v) is 4.24. The van der Waals surface area contributed by atoms with E-state index >= 15 is 0 Å². The van der Waals surface area contributed by atoms with Gasteiger partial charge in [-0.15, -0.1) is 0 Å². The topological polar surface area (TPSA) is 34.1 Å². The molecule has 2 nitrogen and oxygen atoms in total. The van der Waals surface area contributed by atoms with Crippen molar-refractivity contribution < 1.29 is 9.59 Å². The maximum absolute atomic E-state index is 11.4. The van der Waals surface area contributed by atoms with Gasteiger partial charge in [-0.1, -0.05) is 6.92 Å². The first kappa shape index (κ1) is 5.92. The van der Waals surface area contributed by atoms with Crippen LogP contribution < -0.4 is 0 Å². The van der Waals surface area contributed by atoms with E-state index in [1.807, 2.05) is 0 Å². The van der Waals surface area contributed by atoms with Gasteiger partial charge in [-0.3, -0.25) is 9.59 Å². The van der Waals surface area contributed by atoms with Gasteiger partial charge in [0.1, 0.15) is 11.6 Å². The van der Waals surface area contributed by atoms with Gasteiger partial charge in [0.2, 0.25) is 0 Å². The summed E-state index contributed by atoms with van der Waals surface area (Å²) in [7, 11) is 0. The van der Waals surface area contributed by atoms with E-state index < -0.39 is 0 Å². The average molecular weight is 150 g/mol. The number of carbonyl (C=O) groups is 2. The summed E-state index contributed by atoms with van der Waals surface area (Å²) >= 11 is 0. The highest BCUT2D eigenvalue weighted by atomic mass is 16.2. The van der Waals surface area contributed by atoms with E-state index in [4.69, 9.17) is 0 Å². The largest absolute Gasteiger partial charge is 0.299 e. The summed E-state index contributed by atoms with van der Waals surface area (Å²) in [5, 5.41) is 0. The number of Topliss-reactive ketones (excluding diaryl/α,β-unsaturated/α-hetero) is 2. The van der Waals surface area contributed by atoms with Crippen LogP contribution in [0.3, 0.4) is 0 Å². The molecule has 4 aliphatic rings. The lowest BCUT2D eigenvalue weighted by Gasteiger charge is -2.25. The molecule has 0 amide bonds. The van der Waals surface area contributed by atoms with Crippen LogP contribution in [-0.2, 0) is 9.59 Å². The summed E-state index contributed by atoms with van der Waals surface area (Å²) in [5.41, 5.74) is 0.114. The first-order chi connectivity index (χ1) is 5.16. The average Bonchev–Trinajstić information content (AvgIpc) is 2.49. The van der Waals surface area contributed by atoms with Crippen molar-refractivity contribution in [2.75, 3.05) is 0 Å². The fourth-order valence-corrected chi connectivity index (χ4v) is 3.17. The summed E-state index contributed by atoms with van der Waals surface area (Å²) in [5.74, 6) is 0.636. The lowest BCUT2D eigenvalue weighted by molar-refractivity contribution is -0.134. The van der Waals surface area contributed by atoms with Crippen molar-refractivity contribution in [3.8, 4) is 0 Å². The molecule has 0 heterocycles. The molecule has 0 radical (unpaired) electrons. The Labute approximate surface area is 65.0 Å². The van der Waals surface area contributed by atoms with Gasteiger partial charge in [0.25, 0.3) is 0 Å². The predicted octanol–water partition coefficient (Wildman–Crippen LogP) is 0.800. The van der Waals surface area contributed by atoms with E-state index in [9.17, 15) is 9.59 Å². The van der Waals surface area contributed by atoms with Crippen molar-refractivity contribution >= 4 is 11.6 Å². The Bertz CT molecular complexity index is 257. The molecule has 0 saturated heterocycles. The summed E-state index contributed by atoms with van der Waals surface area (Å²) in [4.78, 5) is 22.8. The smallest absolute Gasteiger partial charge is 0.147 e. The van der Waals surface area contributed by atoms with Gasteiger partial charge >= 0.3 is 0 Å². The van der Waals surface area contributed by atoms with Crippen LogP contribution in [0.4, 0.5) is 0 Å². The number of rotatable bonds is 0. The van der Waals surface area contributed by atoms with Crippen molar-refractivity contribution in [1.29, 1.82) is 0 Å². The normalized spacial score (nSPS) is 58.5. The van der Waals surface area contributed by atoms with E-state index in [1.165, 1.54) is 0 Å². The molecule has 4 bridgehead atoms. The van der Waals surface area contributed by atoms with Crippen molar-refractivity contribution in [2.24, 2.45) is 23.2 Å². The minimum Gasteiger partial charge on any atom is -0.299 e. The first-order valence-electron chi connectivity index (χ1n) is 4.24. The number of carbonyl (C=O) groups excluding carboxylic acids is 2. The fourth-order valence-electron chi connectivity index (χ4n) is 3.17. The van der Waals surface area contributed by atoms with Crippen molar-refractivity contribution in [3.63, 3.8) is 0 Å². The van der Waals surface area contributed by atoms with E-state index in [0.717, 1.165) is 12.8 Å². The third-order valence-corrected chi connectivity index (χ3v) is 3.92. The van der Waals surface area contributed by atoms with Crippen LogP contribution in [0.15, 0.2) is 0 Å². The van der Waals surface area contributed by atoms with Gasteiger partial charge in [0, 0.05) is 11.8 Å². The third-order valence-electron chi connectivity index (χ3n) is 3.92. The number of hydrogen-bond acceptors (Lipinski definition) is 2. The van der Waals surface area contributed by atoms with Crippen LogP contribution in [0.25, 0.3) is 0 Å². The van der Waals surface area contributed by atoms with Crippen LogP contribution in [0.5, 0.6) is 0 Å². The standard InChI is InChI=1S/C9H10O2/c1-9-3-2-4-7(10)5(9)6(9)8(4)11/h4-6H,2-3H2,1H3/t4?,5-,6+,9?. The third kappa shape index (κ3) is 0.403. The van der Waals surface area contributed by atoms with Crippen LogP contribution in [0.2, 0.25) is 0 Å².